The first kappa shape index (κ1) is 33.4. The molecule has 4 aromatic carbocycles. The maximum atomic E-state index is 12.7. The molecule has 0 aliphatic rings. The average molecular weight is 660 g/mol. The molecule has 0 aliphatic carbocycles. The van der Waals surface area contributed by atoms with Crippen LogP contribution in [-0.4, -0.2) is 29.1 Å². The molecule has 0 atom stereocenters. The molecule has 0 heterocycles. The van der Waals surface area contributed by atoms with Gasteiger partial charge in [0.2, 0.25) is 0 Å². The predicted molar refractivity (Wildman–Crippen MR) is 178 cm³/mol. The highest BCUT2D eigenvalue weighted by molar-refractivity contribution is 6.34. The van der Waals surface area contributed by atoms with Crippen molar-refractivity contribution in [3.63, 3.8) is 0 Å². The van der Waals surface area contributed by atoms with Crippen LogP contribution in [0.15, 0.2) is 134 Å². The van der Waals surface area contributed by atoms with E-state index in [-0.39, 0.29) is 44.3 Å². The number of hydrogen-bond donors (Lipinski definition) is 4. The molecule has 0 aliphatic heterocycles. The zero-order valence-electron chi connectivity index (χ0n) is 24.8. The van der Waals surface area contributed by atoms with Crippen LogP contribution in [0.2, 0.25) is 10.0 Å². The number of halogens is 2. The number of aliphatic hydroxyl groups is 2. The molecule has 4 aromatic rings. The number of carbonyl (C=O) groups is 2. The first-order chi connectivity index (χ1) is 22.0. The molecule has 0 radical (unpaired) electrons. The van der Waals surface area contributed by atoms with Gasteiger partial charge in [-0.05, 0) is 85.6 Å². The summed E-state index contributed by atoms with van der Waals surface area (Å²) in [6.45, 7) is 2.65. The van der Waals surface area contributed by atoms with Gasteiger partial charge in [0.25, 0.3) is 11.8 Å². The van der Waals surface area contributed by atoms with E-state index in [1.165, 1.54) is 21.0 Å². The van der Waals surface area contributed by atoms with Crippen LogP contribution in [0.1, 0.15) is 13.8 Å². The van der Waals surface area contributed by atoms with Crippen molar-refractivity contribution in [3.8, 4) is 16.9 Å². The van der Waals surface area contributed by atoms with Gasteiger partial charge in [0, 0.05) is 11.4 Å². The van der Waals surface area contributed by atoms with E-state index in [2.05, 4.69) is 31.1 Å². The zero-order chi connectivity index (χ0) is 33.2. The highest BCUT2D eigenvalue weighted by Gasteiger charge is 2.16. The van der Waals surface area contributed by atoms with Gasteiger partial charge in [-0.2, -0.15) is 0 Å². The van der Waals surface area contributed by atoms with Crippen molar-refractivity contribution in [2.45, 2.75) is 13.8 Å². The Hall–Kier alpha value is -5.52. The molecule has 0 aromatic heterocycles. The van der Waals surface area contributed by atoms with Crippen LogP contribution < -0.4 is 15.4 Å². The monoisotopic (exact) mass is 658 g/mol. The van der Waals surface area contributed by atoms with Gasteiger partial charge in [0.05, 0.1) is 17.2 Å². The minimum atomic E-state index is -0.665. The third-order valence-electron chi connectivity index (χ3n) is 6.24. The lowest BCUT2D eigenvalue weighted by Gasteiger charge is -2.08. The number of aliphatic hydroxyl groups excluding tert-OH is 2. The van der Waals surface area contributed by atoms with Gasteiger partial charge in [-0.15, -0.1) is 20.5 Å². The molecule has 0 saturated carbocycles. The van der Waals surface area contributed by atoms with Gasteiger partial charge in [-0.3, -0.25) is 9.59 Å². The molecule has 0 saturated heterocycles. The standard InChI is InChI=1S/C33H28Cl2N6O5/c1-19(42)30(32(44)36-23-7-5-4-6-8-23)40-38-28-15-9-21(17-26(28)34)22-10-16-29(27(35)18-22)39-41-31(20(2)43)33(45)37-24-11-13-25(46-3)14-12-24/h4-18,42-43H,1-3H3,(H,36,44)(H,37,45)/b30-19-,31-20-,40-38?,41-39?. The number of ether oxygens (including phenoxy) is 1. The number of hydrogen-bond acceptors (Lipinski definition) is 9. The second-order valence-corrected chi connectivity index (χ2v) is 10.4. The number of rotatable bonds is 10. The minimum Gasteiger partial charge on any atom is -0.510 e. The number of nitrogens with one attached hydrogen (secondary N) is 2. The third-order valence-corrected chi connectivity index (χ3v) is 6.84. The van der Waals surface area contributed by atoms with Gasteiger partial charge in [0.15, 0.2) is 11.4 Å². The fraction of sp³-hybridized carbons (Fsp3) is 0.0909. The second kappa shape index (κ2) is 15.5. The van der Waals surface area contributed by atoms with E-state index in [9.17, 15) is 19.8 Å². The topological polar surface area (TPSA) is 157 Å². The summed E-state index contributed by atoms with van der Waals surface area (Å²) in [5.41, 5.74) is 2.34. The molecule has 11 nitrogen and oxygen atoms in total. The number of amides is 2. The summed E-state index contributed by atoms with van der Waals surface area (Å²) in [4.78, 5) is 25.4. The lowest BCUT2D eigenvalue weighted by Crippen LogP contribution is -2.14. The summed E-state index contributed by atoms with van der Waals surface area (Å²) in [6.07, 6.45) is 0. The first-order valence-corrected chi connectivity index (χ1v) is 14.4. The predicted octanol–water partition coefficient (Wildman–Crippen LogP) is 9.69. The van der Waals surface area contributed by atoms with E-state index in [0.29, 0.717) is 28.3 Å². The number of carbonyl (C=O) groups excluding carboxylic acids is 2. The fourth-order valence-electron chi connectivity index (χ4n) is 3.88. The van der Waals surface area contributed by atoms with E-state index >= 15 is 0 Å². The van der Waals surface area contributed by atoms with Crippen LogP contribution in [0.5, 0.6) is 5.75 Å². The number of nitrogens with zero attached hydrogens (tertiary/aromatic N) is 4. The Kier molecular flexibility index (Phi) is 11.2. The van der Waals surface area contributed by atoms with Crippen LogP contribution in [0.3, 0.4) is 0 Å². The quantitative estimate of drug-likeness (QED) is 0.0757. The highest BCUT2D eigenvalue weighted by atomic mass is 35.5. The largest absolute Gasteiger partial charge is 0.510 e. The lowest BCUT2D eigenvalue weighted by atomic mass is 10.1. The van der Waals surface area contributed by atoms with Crippen molar-refractivity contribution in [1.29, 1.82) is 0 Å². The number of azo groups is 2. The Morgan fingerprint density at radius 2 is 1.09 bits per heavy atom. The van der Waals surface area contributed by atoms with Crippen molar-refractivity contribution in [1.82, 2.24) is 0 Å². The number of para-hydroxylation sites is 1. The van der Waals surface area contributed by atoms with Crippen LogP contribution in [0.4, 0.5) is 22.7 Å². The molecule has 0 bridgehead atoms. The summed E-state index contributed by atoms with van der Waals surface area (Å²) in [5.74, 6) is -1.32. The van der Waals surface area contributed by atoms with Crippen LogP contribution >= 0.6 is 23.2 Å². The van der Waals surface area contributed by atoms with Gasteiger partial charge >= 0.3 is 0 Å². The van der Waals surface area contributed by atoms with Crippen LogP contribution in [-0.2, 0) is 9.59 Å². The van der Waals surface area contributed by atoms with E-state index in [1.807, 2.05) is 6.07 Å². The summed E-state index contributed by atoms with van der Waals surface area (Å²) in [6, 6.07) is 25.3. The number of methoxy groups -OCH3 is 1. The Morgan fingerprint density at radius 1 is 0.652 bits per heavy atom. The van der Waals surface area contributed by atoms with Gasteiger partial charge in [0.1, 0.15) is 28.6 Å². The molecular weight excluding hydrogens is 631 g/mol. The van der Waals surface area contributed by atoms with E-state index in [0.717, 1.165) is 0 Å². The third kappa shape index (κ3) is 8.78. The number of anilines is 2. The summed E-state index contributed by atoms with van der Waals surface area (Å²) in [5, 5.41) is 41.8. The van der Waals surface area contributed by atoms with Crippen LogP contribution in [0, 0.1) is 0 Å². The molecule has 4 rings (SSSR count). The van der Waals surface area contributed by atoms with Crippen molar-refractivity contribution in [2.75, 3.05) is 17.7 Å². The van der Waals surface area contributed by atoms with Crippen LogP contribution in [0.25, 0.3) is 11.1 Å². The molecule has 0 fully saturated rings. The molecular formula is C33H28Cl2N6O5. The Bertz CT molecular complexity index is 1870. The first-order valence-electron chi connectivity index (χ1n) is 13.6. The Labute approximate surface area is 274 Å². The molecule has 0 unspecified atom stereocenters. The van der Waals surface area contributed by atoms with Crippen molar-refractivity contribution in [2.24, 2.45) is 20.5 Å². The highest BCUT2D eigenvalue weighted by Crippen LogP contribution is 2.35. The fourth-order valence-corrected chi connectivity index (χ4v) is 4.32. The van der Waals surface area contributed by atoms with Crippen molar-refractivity contribution >= 4 is 57.8 Å². The Morgan fingerprint density at radius 3 is 1.48 bits per heavy atom. The van der Waals surface area contributed by atoms with Gasteiger partial charge < -0.3 is 25.6 Å². The molecule has 46 heavy (non-hydrogen) atoms. The minimum absolute atomic E-state index is 0.226. The summed E-state index contributed by atoms with van der Waals surface area (Å²) in [7, 11) is 1.53. The lowest BCUT2D eigenvalue weighted by molar-refractivity contribution is -0.113. The second-order valence-electron chi connectivity index (χ2n) is 9.60. The molecule has 4 N–H and O–H groups in total. The van der Waals surface area contributed by atoms with Crippen molar-refractivity contribution < 1.29 is 24.5 Å². The average Bonchev–Trinajstić information content (AvgIpc) is 3.03. The van der Waals surface area contributed by atoms with E-state index in [1.54, 1.807) is 84.9 Å². The maximum Gasteiger partial charge on any atom is 0.279 e. The molecule has 0 spiro atoms. The number of benzene rings is 4. The normalized spacial score (nSPS) is 12.5. The van der Waals surface area contributed by atoms with Gasteiger partial charge in [-0.1, -0.05) is 53.5 Å². The summed E-state index contributed by atoms with van der Waals surface area (Å²) >= 11 is 12.9. The SMILES string of the molecule is COc1ccc(NC(=O)/C(N=Nc2ccc(-c3ccc(N=N/C(C(=O)Nc4ccccc4)=C(/C)O)c(Cl)c3)cc2Cl)=C(\C)O)cc1. The number of allylic oxidation sites excluding steroid dienone is 2. The van der Waals surface area contributed by atoms with Crippen molar-refractivity contribution in [3.05, 3.63) is 124 Å². The smallest absolute Gasteiger partial charge is 0.279 e. The van der Waals surface area contributed by atoms with Gasteiger partial charge in [-0.25, -0.2) is 0 Å². The molecule has 2 amide bonds. The summed E-state index contributed by atoms with van der Waals surface area (Å²) < 4.78 is 5.11. The molecule has 234 valence electrons. The van der Waals surface area contributed by atoms with E-state index < -0.39 is 11.8 Å². The molecule has 13 heteroatoms. The zero-order valence-corrected chi connectivity index (χ0v) is 26.3. The van der Waals surface area contributed by atoms with E-state index in [4.69, 9.17) is 27.9 Å². The Balaban J connectivity index is 1.47. The maximum absolute atomic E-state index is 12.7.